The average Bonchev–Trinajstić information content (AvgIpc) is 2.41. The van der Waals surface area contributed by atoms with Crippen molar-refractivity contribution < 1.29 is 19.1 Å². The van der Waals surface area contributed by atoms with E-state index < -0.39 is 32.2 Å². The maximum Gasteiger partial charge on any atom is 0.407 e. The number of aliphatic hydroxyl groups excluding tert-OH is 1. The number of hydrogen-bond acceptors (Lipinski definition) is 4. The van der Waals surface area contributed by atoms with Crippen LogP contribution >= 0.6 is 0 Å². The van der Waals surface area contributed by atoms with Crippen LogP contribution in [0.5, 0.6) is 0 Å². The Morgan fingerprint density at radius 3 is 2.16 bits per heavy atom. The summed E-state index contributed by atoms with van der Waals surface area (Å²) in [6.07, 6.45) is 0.932. The van der Waals surface area contributed by atoms with Gasteiger partial charge in [0.25, 0.3) is 0 Å². The Morgan fingerprint density at radius 1 is 1.24 bits per heavy atom. The van der Waals surface area contributed by atoms with Gasteiger partial charge in [-0.25, -0.2) is 4.79 Å². The summed E-state index contributed by atoms with van der Waals surface area (Å²) in [5, 5.41) is 13.4. The van der Waals surface area contributed by atoms with Gasteiger partial charge in [0.15, 0.2) is 8.32 Å². The highest BCUT2D eigenvalue weighted by Crippen LogP contribution is 2.36. The van der Waals surface area contributed by atoms with Gasteiger partial charge < -0.3 is 19.6 Å². The lowest BCUT2D eigenvalue weighted by molar-refractivity contribution is 0.0349. The molecule has 0 aliphatic rings. The normalized spacial score (nSPS) is 16.7. The van der Waals surface area contributed by atoms with E-state index >= 15 is 0 Å². The van der Waals surface area contributed by atoms with Crippen molar-refractivity contribution in [2.75, 3.05) is 6.61 Å². The summed E-state index contributed by atoms with van der Waals surface area (Å²) >= 11 is 0. The zero-order valence-corrected chi connectivity index (χ0v) is 18.6. The number of ether oxygens (including phenoxy) is 1. The van der Waals surface area contributed by atoms with E-state index in [-0.39, 0.29) is 11.0 Å². The number of aliphatic hydroxyl groups is 1. The molecule has 0 radical (unpaired) electrons. The molecule has 25 heavy (non-hydrogen) atoms. The summed E-state index contributed by atoms with van der Waals surface area (Å²) in [6, 6.07) is -0.451. The molecule has 0 unspecified atom stereocenters. The van der Waals surface area contributed by atoms with Gasteiger partial charge in [0, 0.05) is 12.5 Å². The first kappa shape index (κ1) is 24.1. The molecule has 0 fully saturated rings. The standard InChI is InChI=1S/C19H39NO4Si/c1-11-14(2)16(21)15(20-17(22)24-18(3,4)5)12-13-23-25(9,10)19(6,7)8/h11,14-16,21H,1,12-13H2,2-10H3,(H,20,22)/t14-,15-,16+/m1/s1. The number of nitrogens with one attached hydrogen (secondary N) is 1. The predicted molar refractivity (Wildman–Crippen MR) is 106 cm³/mol. The van der Waals surface area contributed by atoms with Gasteiger partial charge >= 0.3 is 6.09 Å². The highest BCUT2D eigenvalue weighted by atomic mass is 28.4. The van der Waals surface area contributed by atoms with Gasteiger partial charge in [-0.15, -0.1) is 6.58 Å². The van der Waals surface area contributed by atoms with Crippen LogP contribution in [0.3, 0.4) is 0 Å². The summed E-state index contributed by atoms with van der Waals surface area (Å²) in [6.45, 7) is 22.4. The smallest absolute Gasteiger partial charge is 0.407 e. The van der Waals surface area contributed by atoms with Crippen molar-refractivity contribution in [3.8, 4) is 0 Å². The Kier molecular flexibility index (Phi) is 8.88. The van der Waals surface area contributed by atoms with Crippen LogP contribution < -0.4 is 5.32 Å². The van der Waals surface area contributed by atoms with Crippen LogP contribution in [-0.2, 0) is 9.16 Å². The maximum atomic E-state index is 12.1. The van der Waals surface area contributed by atoms with Crippen LogP contribution in [0.2, 0.25) is 18.1 Å². The summed E-state index contributed by atoms with van der Waals surface area (Å²) < 4.78 is 11.5. The molecular weight excluding hydrogens is 334 g/mol. The van der Waals surface area contributed by atoms with Crippen molar-refractivity contribution in [2.24, 2.45) is 5.92 Å². The highest BCUT2D eigenvalue weighted by molar-refractivity contribution is 6.74. The Balaban J connectivity index is 4.92. The fraction of sp³-hybridized carbons (Fsp3) is 0.842. The number of alkyl carbamates (subject to hydrolysis) is 1. The first-order valence-corrected chi connectivity index (χ1v) is 12.0. The molecule has 5 nitrogen and oxygen atoms in total. The summed E-state index contributed by atoms with van der Waals surface area (Å²) in [5.41, 5.74) is -0.582. The summed E-state index contributed by atoms with van der Waals surface area (Å²) in [7, 11) is -1.87. The Hall–Kier alpha value is -0.853. The lowest BCUT2D eigenvalue weighted by atomic mass is 9.96. The molecular formula is C19H39NO4Si. The minimum absolute atomic E-state index is 0.119. The van der Waals surface area contributed by atoms with Crippen molar-refractivity contribution in [3.05, 3.63) is 12.7 Å². The average molecular weight is 374 g/mol. The topological polar surface area (TPSA) is 67.8 Å². The van der Waals surface area contributed by atoms with Crippen molar-refractivity contribution in [1.29, 1.82) is 0 Å². The largest absolute Gasteiger partial charge is 0.444 e. The summed E-state index contributed by atoms with van der Waals surface area (Å²) in [5.74, 6) is -0.146. The van der Waals surface area contributed by atoms with Gasteiger partial charge in [0.1, 0.15) is 5.60 Å². The molecule has 0 aromatic heterocycles. The van der Waals surface area contributed by atoms with E-state index in [0.717, 1.165) is 0 Å². The second kappa shape index (κ2) is 9.19. The molecule has 0 spiro atoms. The quantitative estimate of drug-likeness (QED) is 0.486. The van der Waals surface area contributed by atoms with Crippen molar-refractivity contribution in [3.63, 3.8) is 0 Å². The zero-order valence-electron chi connectivity index (χ0n) is 17.6. The Morgan fingerprint density at radius 2 is 1.76 bits per heavy atom. The molecule has 0 saturated heterocycles. The van der Waals surface area contributed by atoms with Crippen molar-refractivity contribution in [1.82, 2.24) is 5.32 Å². The lowest BCUT2D eigenvalue weighted by Gasteiger charge is -2.37. The highest BCUT2D eigenvalue weighted by Gasteiger charge is 2.37. The second-order valence-electron chi connectivity index (χ2n) is 9.24. The summed E-state index contributed by atoms with van der Waals surface area (Å²) in [4.78, 5) is 12.1. The van der Waals surface area contributed by atoms with Gasteiger partial charge in [-0.2, -0.15) is 0 Å². The second-order valence-corrected chi connectivity index (χ2v) is 14.0. The number of carbonyl (C=O) groups is 1. The van der Waals surface area contributed by atoms with Crippen molar-refractivity contribution in [2.45, 2.75) is 90.8 Å². The SMILES string of the molecule is C=C[C@@H](C)[C@H](O)[C@@H](CCO[Si](C)(C)C(C)(C)C)NC(=O)OC(C)(C)C. The Labute approximate surface area is 155 Å². The molecule has 0 bridgehead atoms. The number of carbonyl (C=O) groups excluding carboxylic acids is 1. The monoisotopic (exact) mass is 373 g/mol. The van der Waals surface area contributed by atoms with E-state index in [2.05, 4.69) is 45.8 Å². The van der Waals surface area contributed by atoms with E-state index in [9.17, 15) is 9.90 Å². The molecule has 0 rings (SSSR count). The fourth-order valence-electron chi connectivity index (χ4n) is 1.95. The molecule has 0 aliphatic carbocycles. The van der Waals surface area contributed by atoms with E-state index in [1.54, 1.807) is 6.08 Å². The molecule has 6 heteroatoms. The molecule has 148 valence electrons. The molecule has 2 N–H and O–H groups in total. The molecule has 0 aliphatic heterocycles. The predicted octanol–water partition coefficient (Wildman–Crippen LogP) is 4.47. The molecule has 0 heterocycles. The molecule has 0 aromatic rings. The van der Waals surface area contributed by atoms with Gasteiger partial charge in [0.2, 0.25) is 0 Å². The van der Waals surface area contributed by atoms with E-state index in [1.807, 2.05) is 27.7 Å². The zero-order chi connectivity index (χ0) is 20.1. The van der Waals surface area contributed by atoms with E-state index in [4.69, 9.17) is 9.16 Å². The van der Waals surface area contributed by atoms with Gasteiger partial charge in [-0.1, -0.05) is 33.8 Å². The van der Waals surface area contributed by atoms with Gasteiger partial charge in [-0.3, -0.25) is 0 Å². The minimum atomic E-state index is -1.87. The third-order valence-corrected chi connectivity index (χ3v) is 9.26. The van der Waals surface area contributed by atoms with Gasteiger partial charge in [0.05, 0.1) is 12.1 Å². The van der Waals surface area contributed by atoms with Crippen molar-refractivity contribution >= 4 is 14.4 Å². The molecule has 0 aromatic carbocycles. The van der Waals surface area contributed by atoms with Crippen LogP contribution in [0.25, 0.3) is 0 Å². The van der Waals surface area contributed by atoms with Crippen LogP contribution in [0.15, 0.2) is 12.7 Å². The molecule has 0 saturated carbocycles. The fourth-order valence-corrected chi connectivity index (χ4v) is 3.01. The Bertz CT molecular complexity index is 438. The van der Waals surface area contributed by atoms with Crippen LogP contribution in [-0.4, -0.2) is 43.9 Å². The number of amides is 1. The van der Waals surface area contributed by atoms with Gasteiger partial charge in [-0.05, 0) is 45.3 Å². The first-order valence-electron chi connectivity index (χ1n) is 9.05. The maximum absolute atomic E-state index is 12.1. The van der Waals surface area contributed by atoms with Crippen LogP contribution in [0, 0.1) is 5.92 Å². The third-order valence-electron chi connectivity index (χ3n) is 4.72. The number of rotatable bonds is 8. The van der Waals surface area contributed by atoms with E-state index in [1.165, 1.54) is 0 Å². The van der Waals surface area contributed by atoms with Crippen LogP contribution in [0.1, 0.15) is 54.9 Å². The molecule has 1 amide bonds. The lowest BCUT2D eigenvalue weighted by Crippen LogP contribution is -2.49. The van der Waals surface area contributed by atoms with E-state index in [0.29, 0.717) is 13.0 Å². The third kappa shape index (κ3) is 8.88. The first-order chi connectivity index (χ1) is 11.1. The van der Waals surface area contributed by atoms with Crippen LogP contribution in [0.4, 0.5) is 4.79 Å². The number of hydrogen-bond donors (Lipinski definition) is 2. The molecule has 3 atom stereocenters. The minimum Gasteiger partial charge on any atom is -0.444 e.